The average Bonchev–Trinajstić information content (AvgIpc) is 3.03. The summed E-state index contributed by atoms with van der Waals surface area (Å²) < 4.78 is 25.2. The highest BCUT2D eigenvalue weighted by molar-refractivity contribution is 6.74. The Labute approximate surface area is 334 Å². The second kappa shape index (κ2) is 23.3. The van der Waals surface area contributed by atoms with E-state index in [0.29, 0.717) is 19.4 Å². The van der Waals surface area contributed by atoms with Gasteiger partial charge in [0.25, 0.3) is 0 Å². The number of aliphatic hydroxyl groups excluding tert-OH is 1. The fourth-order valence-electron chi connectivity index (χ4n) is 6.45. The van der Waals surface area contributed by atoms with Gasteiger partial charge in [-0.2, -0.15) is 0 Å². The van der Waals surface area contributed by atoms with Crippen molar-refractivity contribution in [2.75, 3.05) is 6.61 Å². The van der Waals surface area contributed by atoms with Crippen molar-refractivity contribution in [2.24, 2.45) is 35.3 Å². The van der Waals surface area contributed by atoms with Crippen LogP contribution in [0.1, 0.15) is 122 Å². The Morgan fingerprint density at radius 1 is 0.815 bits per heavy atom. The molecule has 0 saturated carbocycles. The molecule has 8 nitrogen and oxygen atoms in total. The highest BCUT2D eigenvalue weighted by Crippen LogP contribution is 2.42. The van der Waals surface area contributed by atoms with Gasteiger partial charge in [-0.15, -0.1) is 0 Å². The summed E-state index contributed by atoms with van der Waals surface area (Å²) in [5.74, 6) is -0.0827. The van der Waals surface area contributed by atoms with Crippen LogP contribution in [0, 0.1) is 29.6 Å². The summed E-state index contributed by atoms with van der Waals surface area (Å²) in [6, 6.07) is 0. The van der Waals surface area contributed by atoms with Gasteiger partial charge in [-0.25, -0.2) is 4.79 Å². The molecule has 0 radical (unpaired) electrons. The zero-order valence-electron chi connectivity index (χ0n) is 37.6. The first kappa shape index (κ1) is 52.0. The molecule has 0 bridgehead atoms. The number of esters is 1. The highest BCUT2D eigenvalue weighted by atomic mass is 28.4. The minimum Gasteiger partial charge on any atom is -0.466 e. The molecule has 0 aliphatic rings. The fraction of sp³-hybridized carbons (Fsp3) is 0.773. The fourth-order valence-corrected chi connectivity index (χ4v) is 9.40. The molecule has 0 aromatic carbocycles. The molecular weight excluding hydrogens is 711 g/mol. The Hall–Kier alpha value is -1.99. The predicted octanol–water partition coefficient (Wildman–Crippen LogP) is 11.5. The zero-order valence-corrected chi connectivity index (χ0v) is 39.6. The van der Waals surface area contributed by atoms with Crippen LogP contribution in [0.25, 0.3) is 0 Å². The summed E-state index contributed by atoms with van der Waals surface area (Å²) >= 11 is 0. The zero-order chi connectivity index (χ0) is 42.2. The van der Waals surface area contributed by atoms with Crippen LogP contribution in [0.3, 0.4) is 0 Å². The number of hydrogen-bond acceptors (Lipinski definition) is 7. The summed E-state index contributed by atoms with van der Waals surface area (Å²) in [5.41, 5.74) is 6.89. The van der Waals surface area contributed by atoms with E-state index in [0.717, 1.165) is 12.8 Å². The molecule has 10 heteroatoms. The third-order valence-corrected chi connectivity index (χ3v) is 20.7. The molecule has 1 amide bonds. The van der Waals surface area contributed by atoms with Crippen LogP contribution in [0.2, 0.25) is 36.3 Å². The topological polar surface area (TPSA) is 117 Å². The summed E-state index contributed by atoms with van der Waals surface area (Å²) in [7, 11) is -4.34. The van der Waals surface area contributed by atoms with Gasteiger partial charge in [0, 0.05) is 18.3 Å². The van der Waals surface area contributed by atoms with Gasteiger partial charge in [-0.3, -0.25) is 4.79 Å². The first-order chi connectivity index (χ1) is 24.6. The summed E-state index contributed by atoms with van der Waals surface area (Å²) in [6.45, 7) is 41.8. The first-order valence-corrected chi connectivity index (χ1v) is 26.2. The molecule has 0 spiro atoms. The maximum atomic E-state index is 12.2. The second-order valence-corrected chi connectivity index (χ2v) is 28.4. The van der Waals surface area contributed by atoms with Crippen LogP contribution >= 0.6 is 0 Å². The van der Waals surface area contributed by atoms with Crippen molar-refractivity contribution in [1.29, 1.82) is 0 Å². The normalized spacial score (nSPS) is 18.7. The maximum absolute atomic E-state index is 12.2. The number of primary amides is 1. The Morgan fingerprint density at radius 2 is 1.33 bits per heavy atom. The third kappa shape index (κ3) is 18.3. The largest absolute Gasteiger partial charge is 0.466 e. The number of amides is 1. The molecule has 0 fully saturated rings. The Bertz CT molecular complexity index is 1230. The predicted molar refractivity (Wildman–Crippen MR) is 232 cm³/mol. The number of allylic oxidation sites excluding steroid dienone is 4. The van der Waals surface area contributed by atoms with Crippen molar-refractivity contribution in [1.82, 2.24) is 0 Å². The standard InChI is InChI=1S/C44H83NO7Si2/c1-19-21-24-33(5)40(50-42(45)48)36(8)41(52-54(17,18)44(12,13)14)35(7)30-31(3)29-34(6)39(51-53(15,16)43(9,10)11)32(4)25-22-23-26-37(46)27-28-38(47)49-20-2/h19,21-22,24-25,29,32-37,39-41,46H,1,20,23,26-28,30H2,2-18H3,(H2,45,48)/b24-21-,25-22-,31-29-. The molecule has 0 heterocycles. The van der Waals surface area contributed by atoms with E-state index in [1.165, 1.54) is 5.57 Å². The van der Waals surface area contributed by atoms with E-state index >= 15 is 0 Å². The van der Waals surface area contributed by atoms with Crippen LogP contribution in [-0.4, -0.2) is 64.8 Å². The first-order valence-electron chi connectivity index (χ1n) is 20.4. The van der Waals surface area contributed by atoms with E-state index in [-0.39, 0.29) is 64.3 Å². The van der Waals surface area contributed by atoms with Crippen LogP contribution < -0.4 is 5.73 Å². The lowest BCUT2D eigenvalue weighted by Gasteiger charge is -2.45. The van der Waals surface area contributed by atoms with Crippen LogP contribution in [0.5, 0.6) is 0 Å². The SMILES string of the molecule is C=C/C=C\C(C)C(OC(N)=O)C(C)C(O[Si](C)(C)C(C)(C)C)C(C)C/C(C)=C\C(C)C(O[Si](C)(C)C(C)(C)C)C(C)/C=C\CCC(O)CCC(=O)OCC. The van der Waals surface area contributed by atoms with Gasteiger partial charge in [-0.1, -0.05) is 125 Å². The molecule has 0 aromatic heterocycles. The molecule has 9 unspecified atom stereocenters. The Balaban J connectivity index is 6.48. The summed E-state index contributed by atoms with van der Waals surface area (Å²) in [6.07, 6.45) is 13.1. The minimum atomic E-state index is -2.22. The summed E-state index contributed by atoms with van der Waals surface area (Å²) in [4.78, 5) is 23.9. The van der Waals surface area contributed by atoms with Gasteiger partial charge in [-0.05, 0) is 93.5 Å². The number of hydrogen-bond donors (Lipinski definition) is 2. The minimum absolute atomic E-state index is 0.00280. The molecular formula is C44H83NO7Si2. The van der Waals surface area contributed by atoms with Gasteiger partial charge in [0.1, 0.15) is 6.10 Å². The summed E-state index contributed by atoms with van der Waals surface area (Å²) in [5, 5.41) is 10.5. The highest BCUT2D eigenvalue weighted by Gasteiger charge is 2.44. The van der Waals surface area contributed by atoms with E-state index < -0.39 is 34.9 Å². The van der Waals surface area contributed by atoms with Crippen molar-refractivity contribution in [2.45, 2.75) is 183 Å². The molecule has 0 rings (SSSR count). The maximum Gasteiger partial charge on any atom is 0.404 e. The molecule has 314 valence electrons. The van der Waals surface area contributed by atoms with Gasteiger partial charge in [0.05, 0.1) is 24.9 Å². The monoisotopic (exact) mass is 794 g/mol. The van der Waals surface area contributed by atoms with E-state index in [9.17, 15) is 14.7 Å². The lowest BCUT2D eigenvalue weighted by Crippen LogP contribution is -2.50. The number of carbonyl (C=O) groups excluding carboxylic acids is 2. The lowest BCUT2D eigenvalue weighted by atomic mass is 9.81. The van der Waals surface area contributed by atoms with Gasteiger partial charge in [0.2, 0.25) is 0 Å². The molecule has 0 saturated heterocycles. The van der Waals surface area contributed by atoms with Gasteiger partial charge < -0.3 is 29.2 Å². The number of nitrogens with two attached hydrogens (primary N) is 1. The second-order valence-electron chi connectivity index (χ2n) is 18.8. The lowest BCUT2D eigenvalue weighted by molar-refractivity contribution is -0.143. The van der Waals surface area contributed by atoms with E-state index in [2.05, 4.69) is 127 Å². The van der Waals surface area contributed by atoms with Crippen molar-refractivity contribution < 1.29 is 33.0 Å². The Kier molecular flexibility index (Phi) is 22.4. The van der Waals surface area contributed by atoms with E-state index in [1.807, 2.05) is 19.1 Å². The van der Waals surface area contributed by atoms with Crippen molar-refractivity contribution in [3.8, 4) is 0 Å². The van der Waals surface area contributed by atoms with Crippen molar-refractivity contribution in [3.05, 3.63) is 48.6 Å². The Morgan fingerprint density at radius 3 is 1.81 bits per heavy atom. The van der Waals surface area contributed by atoms with Gasteiger partial charge >= 0.3 is 12.1 Å². The van der Waals surface area contributed by atoms with Crippen molar-refractivity contribution in [3.63, 3.8) is 0 Å². The average molecular weight is 794 g/mol. The van der Waals surface area contributed by atoms with Gasteiger partial charge in [0.15, 0.2) is 16.6 Å². The molecule has 0 aromatic rings. The van der Waals surface area contributed by atoms with Crippen LogP contribution in [0.4, 0.5) is 4.79 Å². The number of carbonyl (C=O) groups is 2. The molecule has 0 aliphatic heterocycles. The van der Waals surface area contributed by atoms with Crippen LogP contribution in [0.15, 0.2) is 48.6 Å². The van der Waals surface area contributed by atoms with E-state index in [4.69, 9.17) is 24.1 Å². The van der Waals surface area contributed by atoms with Crippen molar-refractivity contribution >= 4 is 28.7 Å². The number of rotatable bonds is 24. The quantitative estimate of drug-likeness (QED) is 0.0432. The number of ether oxygens (including phenoxy) is 2. The van der Waals surface area contributed by atoms with E-state index in [1.54, 1.807) is 13.0 Å². The third-order valence-electron chi connectivity index (χ3n) is 11.7. The van der Waals surface area contributed by atoms with Crippen LogP contribution in [-0.2, 0) is 23.1 Å². The molecule has 9 atom stereocenters. The molecule has 54 heavy (non-hydrogen) atoms. The molecule has 0 aliphatic carbocycles. The smallest absolute Gasteiger partial charge is 0.404 e. The molecule has 3 N–H and O–H groups in total. The number of aliphatic hydroxyl groups is 1.